The molecule has 2 aliphatic rings. The standard InChI is InChI=1S/C30H20O6/c1-34-26-15-21(12-23-16-27(35-29(23)32)19-8-4-2-5-9-19)25(18-31)14-22(26)13-24-17-28(36-30(24)33)20-10-6-3-7-11-20/h2-18H,1H3. The number of benzene rings is 3. The van der Waals surface area contributed by atoms with E-state index in [1.54, 1.807) is 36.4 Å². The van der Waals surface area contributed by atoms with Gasteiger partial charge >= 0.3 is 11.9 Å². The molecule has 2 aliphatic heterocycles. The topological polar surface area (TPSA) is 78.9 Å². The minimum atomic E-state index is -0.511. The van der Waals surface area contributed by atoms with Gasteiger partial charge in [-0.3, -0.25) is 4.79 Å². The van der Waals surface area contributed by atoms with Crippen LogP contribution in [0, 0.1) is 0 Å². The summed E-state index contributed by atoms with van der Waals surface area (Å²) < 4.78 is 16.3. The lowest BCUT2D eigenvalue weighted by molar-refractivity contribution is -0.131. The lowest BCUT2D eigenvalue weighted by atomic mass is 9.99. The van der Waals surface area contributed by atoms with Gasteiger partial charge in [0.2, 0.25) is 0 Å². The van der Waals surface area contributed by atoms with E-state index in [1.165, 1.54) is 7.11 Å². The van der Waals surface area contributed by atoms with Gasteiger partial charge in [-0.25, -0.2) is 9.59 Å². The lowest BCUT2D eigenvalue weighted by Gasteiger charge is -2.09. The van der Waals surface area contributed by atoms with E-state index in [-0.39, 0.29) is 0 Å². The van der Waals surface area contributed by atoms with Gasteiger partial charge in [0.05, 0.1) is 18.3 Å². The van der Waals surface area contributed by atoms with Crippen molar-refractivity contribution in [2.45, 2.75) is 0 Å². The van der Waals surface area contributed by atoms with Gasteiger partial charge in [-0.05, 0) is 42.0 Å². The van der Waals surface area contributed by atoms with Crippen molar-refractivity contribution in [3.8, 4) is 5.75 Å². The molecule has 36 heavy (non-hydrogen) atoms. The van der Waals surface area contributed by atoms with Crippen LogP contribution in [0.1, 0.15) is 32.6 Å². The zero-order chi connectivity index (χ0) is 25.1. The Hall–Kier alpha value is -4.97. The first-order chi connectivity index (χ1) is 17.6. The molecule has 6 heteroatoms. The summed E-state index contributed by atoms with van der Waals surface area (Å²) in [7, 11) is 1.49. The molecule has 176 valence electrons. The smallest absolute Gasteiger partial charge is 0.343 e. The molecule has 0 bridgehead atoms. The maximum Gasteiger partial charge on any atom is 0.343 e. The number of hydrogen-bond acceptors (Lipinski definition) is 6. The van der Waals surface area contributed by atoms with E-state index in [0.717, 1.165) is 11.1 Å². The van der Waals surface area contributed by atoms with Crippen molar-refractivity contribution in [1.82, 2.24) is 0 Å². The van der Waals surface area contributed by atoms with Crippen molar-refractivity contribution >= 4 is 41.9 Å². The van der Waals surface area contributed by atoms with Crippen molar-refractivity contribution in [3.05, 3.63) is 124 Å². The van der Waals surface area contributed by atoms with Gasteiger partial charge in [-0.15, -0.1) is 0 Å². The zero-order valence-electron chi connectivity index (χ0n) is 19.3. The van der Waals surface area contributed by atoms with Crippen molar-refractivity contribution < 1.29 is 28.6 Å². The number of carbonyl (C=O) groups is 3. The minimum Gasteiger partial charge on any atom is -0.496 e. The molecule has 0 saturated carbocycles. The molecule has 0 saturated heterocycles. The van der Waals surface area contributed by atoms with E-state index in [2.05, 4.69) is 0 Å². The number of esters is 2. The van der Waals surface area contributed by atoms with E-state index < -0.39 is 11.9 Å². The van der Waals surface area contributed by atoms with Crippen LogP contribution in [0.5, 0.6) is 5.75 Å². The molecular formula is C30H20O6. The van der Waals surface area contributed by atoms with Crippen molar-refractivity contribution in [2.75, 3.05) is 7.11 Å². The summed E-state index contributed by atoms with van der Waals surface area (Å²) in [5.74, 6) is 0.301. The van der Waals surface area contributed by atoms with Gasteiger partial charge in [0.15, 0.2) is 6.29 Å². The Balaban J connectivity index is 1.51. The molecule has 0 unspecified atom stereocenters. The van der Waals surface area contributed by atoms with Crippen LogP contribution in [0.4, 0.5) is 0 Å². The summed E-state index contributed by atoms with van der Waals surface area (Å²) in [5, 5.41) is 0. The summed E-state index contributed by atoms with van der Waals surface area (Å²) in [5.41, 5.74) is 3.51. The molecule has 0 fully saturated rings. The fourth-order valence-corrected chi connectivity index (χ4v) is 3.95. The zero-order valence-corrected chi connectivity index (χ0v) is 19.3. The molecule has 6 nitrogen and oxygen atoms in total. The van der Waals surface area contributed by atoms with Crippen molar-refractivity contribution in [2.24, 2.45) is 0 Å². The van der Waals surface area contributed by atoms with Crippen molar-refractivity contribution in [1.29, 1.82) is 0 Å². The highest BCUT2D eigenvalue weighted by atomic mass is 16.5. The second-order valence-corrected chi connectivity index (χ2v) is 8.07. The van der Waals surface area contributed by atoms with Crippen LogP contribution in [0.2, 0.25) is 0 Å². The van der Waals surface area contributed by atoms with Crippen LogP contribution in [0.25, 0.3) is 23.7 Å². The summed E-state index contributed by atoms with van der Waals surface area (Å²) >= 11 is 0. The third kappa shape index (κ3) is 4.52. The molecule has 0 N–H and O–H groups in total. The molecule has 0 spiro atoms. The average molecular weight is 476 g/mol. The highest BCUT2D eigenvalue weighted by molar-refractivity contribution is 6.07. The monoisotopic (exact) mass is 476 g/mol. The third-order valence-corrected chi connectivity index (χ3v) is 5.75. The number of ether oxygens (including phenoxy) is 3. The number of rotatable bonds is 6. The maximum atomic E-state index is 12.5. The summed E-state index contributed by atoms with van der Waals surface area (Å²) in [6, 6.07) is 21.8. The fraction of sp³-hybridized carbons (Fsp3) is 0.0333. The van der Waals surface area contributed by atoms with Gasteiger partial charge in [-0.2, -0.15) is 0 Å². The van der Waals surface area contributed by atoms with Crippen LogP contribution in [0.3, 0.4) is 0 Å². The molecular weight excluding hydrogens is 456 g/mol. The SMILES string of the molecule is COc1cc(C=C2C=C(c3ccccc3)OC2=O)c(C=O)cc1C=C1C=C(c2ccccc2)OC1=O. The summed E-state index contributed by atoms with van der Waals surface area (Å²) in [4.78, 5) is 36.9. The number of methoxy groups -OCH3 is 1. The molecule has 0 radical (unpaired) electrons. The molecule has 2 heterocycles. The number of aldehydes is 1. The summed E-state index contributed by atoms with van der Waals surface area (Å²) in [6.07, 6.45) is 7.17. The molecule has 3 aromatic rings. The number of carbonyl (C=O) groups excluding carboxylic acids is 3. The Bertz CT molecular complexity index is 1490. The van der Waals surface area contributed by atoms with E-state index in [9.17, 15) is 14.4 Å². The molecule has 3 aromatic carbocycles. The van der Waals surface area contributed by atoms with Crippen LogP contribution in [0.15, 0.2) is 96.1 Å². The Morgan fingerprint density at radius 3 is 1.64 bits per heavy atom. The van der Waals surface area contributed by atoms with Crippen LogP contribution in [-0.4, -0.2) is 25.3 Å². The Morgan fingerprint density at radius 2 is 1.17 bits per heavy atom. The first-order valence-electron chi connectivity index (χ1n) is 11.1. The molecule has 0 atom stereocenters. The van der Waals surface area contributed by atoms with E-state index in [1.807, 2.05) is 60.7 Å². The highest BCUT2D eigenvalue weighted by Crippen LogP contribution is 2.33. The normalized spacial score (nSPS) is 17.0. The molecule has 0 aromatic heterocycles. The van der Waals surface area contributed by atoms with E-state index in [0.29, 0.717) is 51.4 Å². The van der Waals surface area contributed by atoms with Gasteiger partial charge in [0.1, 0.15) is 17.3 Å². The fourth-order valence-electron chi connectivity index (χ4n) is 3.95. The largest absolute Gasteiger partial charge is 0.496 e. The predicted molar refractivity (Wildman–Crippen MR) is 135 cm³/mol. The first-order valence-corrected chi connectivity index (χ1v) is 11.1. The average Bonchev–Trinajstić information content (AvgIpc) is 3.47. The van der Waals surface area contributed by atoms with Crippen molar-refractivity contribution in [3.63, 3.8) is 0 Å². The molecule has 0 aliphatic carbocycles. The Kier molecular flexibility index (Phi) is 6.16. The second-order valence-electron chi connectivity index (χ2n) is 8.07. The first kappa shape index (κ1) is 22.8. The quantitative estimate of drug-likeness (QED) is 0.267. The number of cyclic esters (lactones) is 2. The lowest BCUT2D eigenvalue weighted by Crippen LogP contribution is -2.00. The minimum absolute atomic E-state index is 0.305. The maximum absolute atomic E-state index is 12.5. The van der Waals surface area contributed by atoms with Crippen LogP contribution >= 0.6 is 0 Å². The van der Waals surface area contributed by atoms with Gasteiger partial charge < -0.3 is 14.2 Å². The molecule has 5 rings (SSSR count). The van der Waals surface area contributed by atoms with E-state index in [4.69, 9.17) is 14.2 Å². The predicted octanol–water partition coefficient (Wildman–Crippen LogP) is 5.47. The van der Waals surface area contributed by atoms with Gasteiger partial charge in [-0.1, -0.05) is 60.7 Å². The highest BCUT2D eigenvalue weighted by Gasteiger charge is 2.24. The number of hydrogen-bond donors (Lipinski definition) is 0. The van der Waals surface area contributed by atoms with E-state index >= 15 is 0 Å². The Labute approximate surface area is 207 Å². The van der Waals surface area contributed by atoms with Gasteiger partial charge in [0.25, 0.3) is 0 Å². The second kappa shape index (κ2) is 9.72. The Morgan fingerprint density at radius 1 is 0.667 bits per heavy atom. The molecule has 0 amide bonds. The van der Waals surface area contributed by atoms with Crippen LogP contribution in [-0.2, 0) is 19.1 Å². The van der Waals surface area contributed by atoms with Gasteiger partial charge in [0, 0.05) is 22.3 Å². The summed E-state index contributed by atoms with van der Waals surface area (Å²) in [6.45, 7) is 0. The third-order valence-electron chi connectivity index (χ3n) is 5.75. The van der Waals surface area contributed by atoms with Crippen LogP contribution < -0.4 is 4.74 Å².